The summed E-state index contributed by atoms with van der Waals surface area (Å²) in [6.45, 7) is 0. The van der Waals surface area contributed by atoms with Gasteiger partial charge in [0.1, 0.15) is 11.6 Å². The molecule has 1 aliphatic heterocycles. The van der Waals surface area contributed by atoms with E-state index in [1.54, 1.807) is 30.3 Å². The van der Waals surface area contributed by atoms with Crippen molar-refractivity contribution in [3.63, 3.8) is 0 Å². The summed E-state index contributed by atoms with van der Waals surface area (Å²) >= 11 is 1.03. The molecule has 0 aromatic heterocycles. The number of thioether (sulfide) groups is 1. The first-order valence-electron chi connectivity index (χ1n) is 6.55. The summed E-state index contributed by atoms with van der Waals surface area (Å²) in [7, 11) is 0. The predicted octanol–water partition coefficient (Wildman–Crippen LogP) is 3.26. The number of amides is 2. The number of benzene rings is 2. The number of hydrazone groups is 1. The van der Waals surface area contributed by atoms with Gasteiger partial charge < -0.3 is 0 Å². The van der Waals surface area contributed by atoms with E-state index in [0.29, 0.717) is 5.56 Å². The molecule has 0 saturated carbocycles. The van der Waals surface area contributed by atoms with E-state index >= 15 is 0 Å². The first-order chi connectivity index (χ1) is 11.1. The first kappa shape index (κ1) is 15.4. The highest BCUT2D eigenvalue weighted by molar-refractivity contribution is 8.13. The Morgan fingerprint density at radius 2 is 1.96 bits per heavy atom. The van der Waals surface area contributed by atoms with E-state index in [-0.39, 0.29) is 5.56 Å². The molecule has 1 aliphatic rings. The molecule has 0 spiro atoms. The molecule has 0 fully saturated rings. The van der Waals surface area contributed by atoms with Crippen molar-refractivity contribution in [3.8, 4) is 0 Å². The SMILES string of the molecule is O=C(NO)N1N=CSC1(c1ccccc1)c1cc(F)ccc1F. The summed E-state index contributed by atoms with van der Waals surface area (Å²) < 4.78 is 28.1. The number of carbonyl (C=O) groups is 1. The fraction of sp³-hybridized carbons (Fsp3) is 0.0667. The minimum absolute atomic E-state index is 0.0743. The predicted molar refractivity (Wildman–Crippen MR) is 81.8 cm³/mol. The molecular formula is C15H11F2N3O2S. The van der Waals surface area contributed by atoms with Gasteiger partial charge in [-0.3, -0.25) is 5.21 Å². The van der Waals surface area contributed by atoms with Crippen LogP contribution in [0.1, 0.15) is 11.1 Å². The number of nitrogens with zero attached hydrogens (tertiary/aromatic N) is 2. The summed E-state index contributed by atoms with van der Waals surface area (Å²) in [5.74, 6) is -1.34. The van der Waals surface area contributed by atoms with Crippen LogP contribution in [-0.4, -0.2) is 21.8 Å². The molecule has 2 aromatic rings. The van der Waals surface area contributed by atoms with E-state index in [2.05, 4.69) is 5.10 Å². The third-order valence-electron chi connectivity index (χ3n) is 3.43. The zero-order chi connectivity index (χ0) is 16.4. The molecule has 2 aromatic carbocycles. The van der Waals surface area contributed by atoms with Crippen LogP contribution in [0.2, 0.25) is 0 Å². The average molecular weight is 335 g/mol. The molecular weight excluding hydrogens is 324 g/mol. The van der Waals surface area contributed by atoms with Crippen LogP contribution in [0, 0.1) is 11.6 Å². The van der Waals surface area contributed by atoms with Crippen molar-refractivity contribution in [3.05, 3.63) is 71.3 Å². The molecule has 5 nitrogen and oxygen atoms in total. The van der Waals surface area contributed by atoms with Gasteiger partial charge >= 0.3 is 6.03 Å². The molecule has 118 valence electrons. The van der Waals surface area contributed by atoms with E-state index in [9.17, 15) is 13.6 Å². The Morgan fingerprint density at radius 3 is 2.65 bits per heavy atom. The molecule has 23 heavy (non-hydrogen) atoms. The second kappa shape index (κ2) is 5.98. The molecule has 2 amide bonds. The lowest BCUT2D eigenvalue weighted by Crippen LogP contribution is -2.46. The fourth-order valence-corrected chi connectivity index (χ4v) is 3.55. The number of halogens is 2. The number of hydrogen-bond donors (Lipinski definition) is 2. The van der Waals surface area contributed by atoms with Crippen LogP contribution in [0.15, 0.2) is 53.6 Å². The number of rotatable bonds is 2. The normalized spacial score (nSPS) is 19.9. The first-order valence-corrected chi connectivity index (χ1v) is 7.43. The number of urea groups is 1. The van der Waals surface area contributed by atoms with Crippen molar-refractivity contribution in [2.45, 2.75) is 4.87 Å². The second-order valence-electron chi connectivity index (χ2n) is 4.70. The summed E-state index contributed by atoms with van der Waals surface area (Å²) in [5.41, 5.74) is 3.25. The molecule has 0 aliphatic carbocycles. The van der Waals surface area contributed by atoms with Crippen LogP contribution in [0.25, 0.3) is 0 Å². The largest absolute Gasteiger partial charge is 0.363 e. The second-order valence-corrected chi connectivity index (χ2v) is 5.74. The van der Waals surface area contributed by atoms with Gasteiger partial charge in [0.25, 0.3) is 0 Å². The van der Waals surface area contributed by atoms with E-state index in [4.69, 9.17) is 5.21 Å². The van der Waals surface area contributed by atoms with Crippen molar-refractivity contribution in [2.75, 3.05) is 0 Å². The lowest BCUT2D eigenvalue weighted by Gasteiger charge is -2.35. The van der Waals surface area contributed by atoms with Gasteiger partial charge in [-0.05, 0) is 23.8 Å². The maximum absolute atomic E-state index is 14.4. The molecule has 0 bridgehead atoms. The monoisotopic (exact) mass is 335 g/mol. The van der Waals surface area contributed by atoms with E-state index in [1.807, 2.05) is 0 Å². The average Bonchev–Trinajstić information content (AvgIpc) is 3.03. The number of hydrogen-bond acceptors (Lipinski definition) is 4. The van der Waals surface area contributed by atoms with E-state index in [0.717, 1.165) is 35.0 Å². The Kier molecular flexibility index (Phi) is 4.01. The quantitative estimate of drug-likeness (QED) is 0.654. The zero-order valence-electron chi connectivity index (χ0n) is 11.6. The Bertz CT molecular complexity index is 773. The van der Waals surface area contributed by atoms with Crippen LogP contribution in [-0.2, 0) is 4.87 Å². The molecule has 1 heterocycles. The topological polar surface area (TPSA) is 64.9 Å². The van der Waals surface area contributed by atoms with Gasteiger partial charge in [0.15, 0.2) is 4.87 Å². The minimum atomic E-state index is -1.46. The van der Waals surface area contributed by atoms with Crippen molar-refractivity contribution >= 4 is 23.3 Å². The Morgan fingerprint density at radius 1 is 1.22 bits per heavy atom. The number of nitrogens with one attached hydrogen (secondary N) is 1. The van der Waals surface area contributed by atoms with Crippen molar-refractivity contribution in [1.82, 2.24) is 10.5 Å². The van der Waals surface area contributed by atoms with Crippen LogP contribution in [0.4, 0.5) is 13.6 Å². The van der Waals surface area contributed by atoms with Gasteiger partial charge in [-0.1, -0.05) is 42.1 Å². The van der Waals surface area contributed by atoms with Gasteiger partial charge in [0.05, 0.1) is 5.55 Å². The summed E-state index contributed by atoms with van der Waals surface area (Å²) in [6.07, 6.45) is 0. The van der Waals surface area contributed by atoms with E-state index < -0.39 is 22.5 Å². The lowest BCUT2D eigenvalue weighted by atomic mass is 9.96. The standard InChI is InChI=1S/C15H11F2N3O2S/c16-11-6-7-13(17)12(8-11)15(10-4-2-1-3-5-10)20(14(21)19-22)18-9-23-15/h1-9,22H,(H,19,21). The Hall–Kier alpha value is -2.45. The number of carbonyl (C=O) groups excluding carboxylic acids is 1. The van der Waals surface area contributed by atoms with E-state index in [1.165, 1.54) is 11.0 Å². The van der Waals surface area contributed by atoms with Gasteiger partial charge in [0.2, 0.25) is 0 Å². The van der Waals surface area contributed by atoms with Crippen molar-refractivity contribution in [2.24, 2.45) is 5.10 Å². The highest BCUT2D eigenvalue weighted by atomic mass is 32.2. The summed E-state index contributed by atoms with van der Waals surface area (Å²) in [4.78, 5) is 10.5. The highest BCUT2D eigenvalue weighted by Gasteiger charge is 2.49. The molecule has 2 N–H and O–H groups in total. The minimum Gasteiger partial charge on any atom is -0.287 e. The molecule has 8 heteroatoms. The Balaban J connectivity index is 2.27. The van der Waals surface area contributed by atoms with Crippen molar-refractivity contribution in [1.29, 1.82) is 0 Å². The fourth-order valence-electron chi connectivity index (χ4n) is 2.47. The molecule has 1 unspecified atom stereocenters. The number of hydroxylamine groups is 1. The van der Waals surface area contributed by atoms with Crippen LogP contribution >= 0.6 is 11.8 Å². The zero-order valence-corrected chi connectivity index (χ0v) is 12.4. The summed E-state index contributed by atoms with van der Waals surface area (Å²) in [6, 6.07) is 10.6. The van der Waals surface area contributed by atoms with Crippen LogP contribution < -0.4 is 5.48 Å². The molecule has 0 radical (unpaired) electrons. The Labute approximate surface area is 134 Å². The molecule has 0 saturated heterocycles. The third-order valence-corrected chi connectivity index (χ3v) is 4.60. The maximum atomic E-state index is 14.4. The van der Waals surface area contributed by atoms with Gasteiger partial charge in [-0.25, -0.2) is 19.1 Å². The van der Waals surface area contributed by atoms with Crippen molar-refractivity contribution < 1.29 is 18.8 Å². The highest BCUT2D eigenvalue weighted by Crippen LogP contribution is 2.49. The van der Waals surface area contributed by atoms with Crippen LogP contribution in [0.3, 0.4) is 0 Å². The van der Waals surface area contributed by atoms with Gasteiger partial charge in [0, 0.05) is 5.56 Å². The lowest BCUT2D eigenvalue weighted by molar-refractivity contribution is 0.117. The van der Waals surface area contributed by atoms with Crippen LogP contribution in [0.5, 0.6) is 0 Å². The molecule has 3 rings (SSSR count). The third kappa shape index (κ3) is 2.45. The molecule has 1 atom stereocenters. The maximum Gasteiger partial charge on any atom is 0.363 e. The van der Waals surface area contributed by atoms with Gasteiger partial charge in [-0.2, -0.15) is 10.1 Å². The summed E-state index contributed by atoms with van der Waals surface area (Å²) in [5, 5.41) is 13.7. The smallest absolute Gasteiger partial charge is 0.287 e. The van der Waals surface area contributed by atoms with Gasteiger partial charge in [-0.15, -0.1) is 0 Å².